The molecule has 0 aromatic heterocycles. The molecule has 1 aliphatic rings. The largest absolute Gasteiger partial charge is 0.351 e. The molecule has 5 nitrogen and oxygen atoms in total. The zero-order valence-corrected chi connectivity index (χ0v) is 14.1. The average Bonchev–Trinajstić information content (AvgIpc) is 2.59. The molecule has 0 radical (unpaired) electrons. The van der Waals surface area contributed by atoms with Crippen LogP contribution in [0.3, 0.4) is 0 Å². The van der Waals surface area contributed by atoms with Crippen LogP contribution in [0.1, 0.15) is 40.2 Å². The lowest BCUT2D eigenvalue weighted by Gasteiger charge is -2.25. The Hall–Kier alpha value is -2.18. The van der Waals surface area contributed by atoms with Gasteiger partial charge in [-0.05, 0) is 48.6 Å². The summed E-state index contributed by atoms with van der Waals surface area (Å²) in [5.41, 5.74) is 2.94. The monoisotopic (exact) mass is 344 g/mol. The molecular formula is C18H20N2O3S. The van der Waals surface area contributed by atoms with Crippen molar-refractivity contribution >= 4 is 15.9 Å². The van der Waals surface area contributed by atoms with Gasteiger partial charge >= 0.3 is 0 Å². The standard InChI is InChI=1S/C18H20N2O3S/c19-24(22,23)16-9-4-7-14(11-16)18(21)20-12-15-8-3-6-13-5-1-2-10-17(13)15/h1-2,4-5,7,9-11,15H,3,6,8,12H2,(H,20,21)(H2,19,22,23). The first kappa shape index (κ1) is 16.7. The zero-order chi connectivity index (χ0) is 17.2. The van der Waals surface area contributed by atoms with E-state index in [1.54, 1.807) is 6.07 Å². The summed E-state index contributed by atoms with van der Waals surface area (Å²) in [5, 5.41) is 8.02. The van der Waals surface area contributed by atoms with E-state index in [4.69, 9.17) is 5.14 Å². The number of carbonyl (C=O) groups excluding carboxylic acids is 1. The number of benzene rings is 2. The highest BCUT2D eigenvalue weighted by Crippen LogP contribution is 2.30. The van der Waals surface area contributed by atoms with Gasteiger partial charge in [0.2, 0.25) is 10.0 Å². The van der Waals surface area contributed by atoms with Gasteiger partial charge in [0.1, 0.15) is 0 Å². The van der Waals surface area contributed by atoms with Crippen molar-refractivity contribution in [3.63, 3.8) is 0 Å². The third kappa shape index (κ3) is 3.66. The molecule has 24 heavy (non-hydrogen) atoms. The van der Waals surface area contributed by atoms with Crippen LogP contribution in [0.25, 0.3) is 0 Å². The lowest BCUT2D eigenvalue weighted by molar-refractivity contribution is 0.0950. The van der Waals surface area contributed by atoms with Crippen LogP contribution in [0.2, 0.25) is 0 Å². The van der Waals surface area contributed by atoms with Crippen molar-refractivity contribution in [1.82, 2.24) is 5.32 Å². The fraction of sp³-hybridized carbons (Fsp3) is 0.278. The Morgan fingerprint density at radius 3 is 2.75 bits per heavy atom. The topological polar surface area (TPSA) is 89.3 Å². The number of fused-ring (bicyclic) bond motifs is 1. The Morgan fingerprint density at radius 1 is 1.17 bits per heavy atom. The number of primary sulfonamides is 1. The number of rotatable bonds is 4. The van der Waals surface area contributed by atoms with E-state index in [0.29, 0.717) is 18.0 Å². The molecule has 6 heteroatoms. The van der Waals surface area contributed by atoms with Gasteiger partial charge in [0.25, 0.3) is 5.91 Å². The van der Waals surface area contributed by atoms with Crippen LogP contribution < -0.4 is 10.5 Å². The molecule has 0 aliphatic heterocycles. The van der Waals surface area contributed by atoms with Crippen molar-refractivity contribution < 1.29 is 13.2 Å². The first-order chi connectivity index (χ1) is 11.4. The second-order valence-corrected chi connectivity index (χ2v) is 7.63. The van der Waals surface area contributed by atoms with Crippen molar-refractivity contribution in [2.45, 2.75) is 30.1 Å². The Labute approximate surface area is 141 Å². The molecular weight excluding hydrogens is 324 g/mol. The quantitative estimate of drug-likeness (QED) is 0.891. The van der Waals surface area contributed by atoms with Crippen LogP contribution in [-0.4, -0.2) is 20.9 Å². The fourth-order valence-electron chi connectivity index (χ4n) is 3.20. The second-order valence-electron chi connectivity index (χ2n) is 6.07. The molecule has 3 N–H and O–H groups in total. The number of nitrogens with one attached hydrogen (secondary N) is 1. The van der Waals surface area contributed by atoms with E-state index in [2.05, 4.69) is 17.4 Å². The van der Waals surface area contributed by atoms with Gasteiger partial charge in [-0.3, -0.25) is 4.79 Å². The highest BCUT2D eigenvalue weighted by atomic mass is 32.2. The minimum absolute atomic E-state index is 0.0573. The van der Waals surface area contributed by atoms with E-state index in [9.17, 15) is 13.2 Å². The minimum atomic E-state index is -3.81. The van der Waals surface area contributed by atoms with Crippen LogP contribution in [0.4, 0.5) is 0 Å². The number of hydrogen-bond donors (Lipinski definition) is 2. The van der Waals surface area contributed by atoms with Gasteiger partial charge in [0.15, 0.2) is 0 Å². The second kappa shape index (κ2) is 6.75. The summed E-state index contributed by atoms with van der Waals surface area (Å²) in [4.78, 5) is 12.3. The summed E-state index contributed by atoms with van der Waals surface area (Å²) in [6, 6.07) is 14.1. The highest BCUT2D eigenvalue weighted by molar-refractivity contribution is 7.89. The van der Waals surface area contributed by atoms with Crippen molar-refractivity contribution in [3.8, 4) is 0 Å². The Bertz CT molecular complexity index is 862. The number of amides is 1. The Kier molecular flexibility index (Phi) is 4.69. The SMILES string of the molecule is NS(=O)(=O)c1cccc(C(=O)NCC2CCCc3ccccc32)c1. The first-order valence-electron chi connectivity index (χ1n) is 7.94. The predicted molar refractivity (Wildman–Crippen MR) is 92.3 cm³/mol. The molecule has 2 aromatic rings. The molecule has 2 aromatic carbocycles. The van der Waals surface area contributed by atoms with Gasteiger partial charge < -0.3 is 5.32 Å². The van der Waals surface area contributed by atoms with Crippen molar-refractivity contribution in [2.75, 3.05) is 6.54 Å². The fourth-order valence-corrected chi connectivity index (χ4v) is 3.76. The maximum atomic E-state index is 12.3. The number of nitrogens with two attached hydrogens (primary N) is 1. The maximum absolute atomic E-state index is 12.3. The van der Waals surface area contributed by atoms with Crippen LogP contribution in [-0.2, 0) is 16.4 Å². The van der Waals surface area contributed by atoms with Gasteiger partial charge in [-0.2, -0.15) is 0 Å². The normalized spacial score (nSPS) is 17.1. The highest BCUT2D eigenvalue weighted by Gasteiger charge is 2.20. The molecule has 1 aliphatic carbocycles. The molecule has 1 amide bonds. The van der Waals surface area contributed by atoms with E-state index >= 15 is 0 Å². The Morgan fingerprint density at radius 2 is 1.96 bits per heavy atom. The molecule has 3 rings (SSSR count). The van der Waals surface area contributed by atoms with E-state index in [0.717, 1.165) is 19.3 Å². The van der Waals surface area contributed by atoms with Crippen LogP contribution in [0, 0.1) is 0 Å². The molecule has 0 saturated heterocycles. The van der Waals surface area contributed by atoms with Crippen molar-refractivity contribution in [3.05, 3.63) is 65.2 Å². The molecule has 0 saturated carbocycles. The molecule has 0 heterocycles. The van der Waals surface area contributed by atoms with E-state index in [-0.39, 0.29) is 10.8 Å². The molecule has 1 unspecified atom stereocenters. The number of hydrogen-bond acceptors (Lipinski definition) is 3. The van der Waals surface area contributed by atoms with Crippen molar-refractivity contribution in [2.24, 2.45) is 5.14 Å². The van der Waals surface area contributed by atoms with Gasteiger partial charge in [0, 0.05) is 18.0 Å². The van der Waals surface area contributed by atoms with Crippen LogP contribution in [0.5, 0.6) is 0 Å². The lowest BCUT2D eigenvalue weighted by Crippen LogP contribution is -2.30. The average molecular weight is 344 g/mol. The minimum Gasteiger partial charge on any atom is -0.351 e. The first-order valence-corrected chi connectivity index (χ1v) is 9.48. The van der Waals surface area contributed by atoms with Gasteiger partial charge in [-0.25, -0.2) is 13.6 Å². The van der Waals surface area contributed by atoms with Gasteiger partial charge in [-0.15, -0.1) is 0 Å². The van der Waals surface area contributed by atoms with Crippen LogP contribution >= 0.6 is 0 Å². The predicted octanol–water partition coefficient (Wildman–Crippen LogP) is 2.18. The maximum Gasteiger partial charge on any atom is 0.251 e. The lowest BCUT2D eigenvalue weighted by atomic mass is 9.83. The summed E-state index contributed by atoms with van der Waals surface area (Å²) >= 11 is 0. The van der Waals surface area contributed by atoms with E-state index in [1.807, 2.05) is 12.1 Å². The smallest absolute Gasteiger partial charge is 0.251 e. The molecule has 1 atom stereocenters. The molecule has 0 fully saturated rings. The van der Waals surface area contributed by atoms with Gasteiger partial charge in [-0.1, -0.05) is 30.3 Å². The van der Waals surface area contributed by atoms with E-state index < -0.39 is 10.0 Å². The van der Waals surface area contributed by atoms with Crippen molar-refractivity contribution in [1.29, 1.82) is 0 Å². The number of aryl methyl sites for hydroxylation is 1. The van der Waals surface area contributed by atoms with Crippen LogP contribution in [0.15, 0.2) is 53.4 Å². The molecule has 0 bridgehead atoms. The third-order valence-electron chi connectivity index (χ3n) is 4.43. The summed E-state index contributed by atoms with van der Waals surface area (Å²) in [6.07, 6.45) is 3.23. The van der Waals surface area contributed by atoms with E-state index in [1.165, 1.54) is 29.3 Å². The van der Waals surface area contributed by atoms with Gasteiger partial charge in [0.05, 0.1) is 4.90 Å². The number of sulfonamides is 1. The summed E-state index contributed by atoms with van der Waals surface area (Å²) in [5.74, 6) is 0.00359. The third-order valence-corrected chi connectivity index (χ3v) is 5.34. The summed E-state index contributed by atoms with van der Waals surface area (Å²) < 4.78 is 22.8. The summed E-state index contributed by atoms with van der Waals surface area (Å²) in [6.45, 7) is 0.537. The Balaban J connectivity index is 1.71. The zero-order valence-electron chi connectivity index (χ0n) is 13.2. The molecule has 126 valence electrons. The molecule has 0 spiro atoms. The number of carbonyl (C=O) groups is 1. The summed E-state index contributed by atoms with van der Waals surface area (Å²) in [7, 11) is -3.81.